The standard InChI is InChI=1S/C23H25NO3/c1-3-13-27-23(25)16-9-12-21-20(14-16)18-5-4-6-19(18)22(24-21)15-7-10-17(26-2)11-8-15/h4-5,7-12,14,18-19,22,24H,3,6,13H2,1-2H3. The quantitative estimate of drug-likeness (QED) is 0.594. The molecule has 0 fully saturated rings. The van der Waals surface area contributed by atoms with Crippen LogP contribution in [0.5, 0.6) is 5.75 Å². The maximum absolute atomic E-state index is 12.3. The molecule has 0 spiro atoms. The Morgan fingerprint density at radius 3 is 2.74 bits per heavy atom. The van der Waals surface area contributed by atoms with Gasteiger partial charge in [0.1, 0.15) is 5.75 Å². The number of carbonyl (C=O) groups excluding carboxylic acids is 1. The Labute approximate surface area is 160 Å². The van der Waals surface area contributed by atoms with Gasteiger partial charge in [-0.3, -0.25) is 0 Å². The van der Waals surface area contributed by atoms with Gasteiger partial charge in [-0.25, -0.2) is 4.79 Å². The number of nitrogens with one attached hydrogen (secondary N) is 1. The molecule has 0 radical (unpaired) electrons. The molecule has 1 aliphatic heterocycles. The van der Waals surface area contributed by atoms with Crippen LogP contribution in [0.15, 0.2) is 54.6 Å². The largest absolute Gasteiger partial charge is 0.497 e. The SMILES string of the molecule is CCCOC(=O)c1ccc2c(c1)C1C=CCC1C(c1ccc(OC)cc1)N2. The second-order valence-electron chi connectivity index (χ2n) is 7.19. The first kappa shape index (κ1) is 17.7. The highest BCUT2D eigenvalue weighted by molar-refractivity contribution is 5.90. The molecule has 0 saturated carbocycles. The van der Waals surface area contributed by atoms with Crippen molar-refractivity contribution in [2.45, 2.75) is 31.7 Å². The van der Waals surface area contributed by atoms with Crippen molar-refractivity contribution in [3.8, 4) is 5.75 Å². The molecule has 4 nitrogen and oxygen atoms in total. The number of ether oxygens (including phenoxy) is 2. The highest BCUT2D eigenvalue weighted by Crippen LogP contribution is 2.50. The Morgan fingerprint density at radius 1 is 1.19 bits per heavy atom. The van der Waals surface area contributed by atoms with E-state index in [1.54, 1.807) is 7.11 Å². The van der Waals surface area contributed by atoms with Gasteiger partial charge in [0.25, 0.3) is 0 Å². The van der Waals surface area contributed by atoms with E-state index >= 15 is 0 Å². The molecule has 4 heteroatoms. The highest BCUT2D eigenvalue weighted by Gasteiger charge is 2.38. The number of allylic oxidation sites excluding steroid dienone is 2. The molecular formula is C23H25NO3. The highest BCUT2D eigenvalue weighted by atomic mass is 16.5. The number of hydrogen-bond donors (Lipinski definition) is 1. The van der Waals surface area contributed by atoms with Crippen molar-refractivity contribution in [3.05, 3.63) is 71.3 Å². The Balaban J connectivity index is 1.64. The Morgan fingerprint density at radius 2 is 2.00 bits per heavy atom. The van der Waals surface area contributed by atoms with Gasteiger partial charge in [-0.2, -0.15) is 0 Å². The first-order valence-electron chi connectivity index (χ1n) is 9.59. The van der Waals surface area contributed by atoms with E-state index in [9.17, 15) is 4.79 Å². The van der Waals surface area contributed by atoms with Gasteiger partial charge in [-0.1, -0.05) is 31.2 Å². The van der Waals surface area contributed by atoms with E-state index in [0.29, 0.717) is 24.0 Å². The molecule has 27 heavy (non-hydrogen) atoms. The fourth-order valence-corrected chi connectivity index (χ4v) is 4.14. The second kappa shape index (κ2) is 7.47. The van der Waals surface area contributed by atoms with E-state index in [1.165, 1.54) is 11.1 Å². The molecule has 0 amide bonds. The van der Waals surface area contributed by atoms with Gasteiger partial charge >= 0.3 is 5.97 Å². The van der Waals surface area contributed by atoms with Gasteiger partial charge in [0.15, 0.2) is 0 Å². The Hall–Kier alpha value is -2.75. The van der Waals surface area contributed by atoms with Crippen molar-refractivity contribution in [1.82, 2.24) is 0 Å². The van der Waals surface area contributed by atoms with Crippen LogP contribution >= 0.6 is 0 Å². The average molecular weight is 363 g/mol. The maximum Gasteiger partial charge on any atom is 0.338 e. The zero-order valence-electron chi connectivity index (χ0n) is 15.8. The summed E-state index contributed by atoms with van der Waals surface area (Å²) in [6.45, 7) is 2.46. The Kier molecular flexibility index (Phi) is 4.88. The molecule has 140 valence electrons. The van der Waals surface area contributed by atoms with Crippen molar-refractivity contribution in [3.63, 3.8) is 0 Å². The van der Waals surface area contributed by atoms with E-state index in [0.717, 1.165) is 24.3 Å². The smallest absolute Gasteiger partial charge is 0.338 e. The van der Waals surface area contributed by atoms with Gasteiger partial charge in [-0.05, 0) is 60.2 Å². The maximum atomic E-state index is 12.3. The van der Waals surface area contributed by atoms with Crippen molar-refractivity contribution >= 4 is 11.7 Å². The first-order chi connectivity index (χ1) is 13.2. The first-order valence-corrected chi connectivity index (χ1v) is 9.59. The molecular weight excluding hydrogens is 338 g/mol. The summed E-state index contributed by atoms with van der Waals surface area (Å²) >= 11 is 0. The third-order valence-corrected chi connectivity index (χ3v) is 5.51. The fraction of sp³-hybridized carbons (Fsp3) is 0.348. The van der Waals surface area contributed by atoms with E-state index in [-0.39, 0.29) is 12.0 Å². The van der Waals surface area contributed by atoms with Crippen LogP contribution < -0.4 is 10.1 Å². The van der Waals surface area contributed by atoms with Crippen LogP contribution in [0.2, 0.25) is 0 Å². The number of fused-ring (bicyclic) bond motifs is 3. The lowest BCUT2D eigenvalue weighted by Gasteiger charge is -2.37. The normalized spacial score (nSPS) is 22.5. The van der Waals surface area contributed by atoms with Gasteiger partial charge in [0.2, 0.25) is 0 Å². The monoisotopic (exact) mass is 363 g/mol. The van der Waals surface area contributed by atoms with E-state index in [1.807, 2.05) is 37.3 Å². The molecule has 1 heterocycles. The zero-order valence-corrected chi connectivity index (χ0v) is 15.8. The lowest BCUT2D eigenvalue weighted by Crippen LogP contribution is -2.29. The third-order valence-electron chi connectivity index (χ3n) is 5.51. The lowest BCUT2D eigenvalue weighted by atomic mass is 9.76. The van der Waals surface area contributed by atoms with Gasteiger partial charge in [0, 0.05) is 11.6 Å². The van der Waals surface area contributed by atoms with E-state index in [4.69, 9.17) is 9.47 Å². The molecule has 1 N–H and O–H groups in total. The average Bonchev–Trinajstić information content (AvgIpc) is 3.21. The number of esters is 1. The van der Waals surface area contributed by atoms with Crippen LogP contribution in [-0.2, 0) is 4.74 Å². The molecule has 2 aromatic rings. The summed E-state index contributed by atoms with van der Waals surface area (Å²) in [5, 5.41) is 3.70. The van der Waals surface area contributed by atoms with Crippen LogP contribution in [0.25, 0.3) is 0 Å². The van der Waals surface area contributed by atoms with Crippen LogP contribution in [0.1, 0.15) is 53.2 Å². The minimum Gasteiger partial charge on any atom is -0.497 e. The molecule has 2 aromatic carbocycles. The molecule has 3 unspecified atom stereocenters. The summed E-state index contributed by atoms with van der Waals surface area (Å²) in [7, 11) is 1.68. The number of anilines is 1. The topological polar surface area (TPSA) is 47.6 Å². The van der Waals surface area contributed by atoms with Crippen LogP contribution in [-0.4, -0.2) is 19.7 Å². The predicted octanol–water partition coefficient (Wildman–Crippen LogP) is 5.09. The summed E-state index contributed by atoms with van der Waals surface area (Å²) in [5.41, 5.74) is 4.16. The number of benzene rings is 2. The number of hydrogen-bond acceptors (Lipinski definition) is 4. The summed E-state index contributed by atoms with van der Waals surface area (Å²) in [5.74, 6) is 1.38. The van der Waals surface area contributed by atoms with Crippen molar-refractivity contribution in [1.29, 1.82) is 0 Å². The summed E-state index contributed by atoms with van der Waals surface area (Å²) in [6.07, 6.45) is 6.39. The summed E-state index contributed by atoms with van der Waals surface area (Å²) in [4.78, 5) is 12.3. The van der Waals surface area contributed by atoms with E-state index in [2.05, 4.69) is 29.6 Å². The predicted molar refractivity (Wildman–Crippen MR) is 106 cm³/mol. The minimum atomic E-state index is -0.240. The lowest BCUT2D eigenvalue weighted by molar-refractivity contribution is 0.0505. The third kappa shape index (κ3) is 3.32. The van der Waals surface area contributed by atoms with Crippen LogP contribution in [0, 0.1) is 5.92 Å². The fourth-order valence-electron chi connectivity index (χ4n) is 4.14. The summed E-state index contributed by atoms with van der Waals surface area (Å²) < 4.78 is 10.6. The molecule has 3 atom stereocenters. The van der Waals surface area contributed by atoms with Gasteiger partial charge in [-0.15, -0.1) is 0 Å². The molecule has 0 bridgehead atoms. The zero-order chi connectivity index (χ0) is 18.8. The van der Waals surface area contributed by atoms with Crippen molar-refractivity contribution in [2.24, 2.45) is 5.92 Å². The molecule has 0 saturated heterocycles. The number of rotatable bonds is 5. The molecule has 4 rings (SSSR count). The van der Waals surface area contributed by atoms with Crippen molar-refractivity contribution in [2.75, 3.05) is 19.0 Å². The van der Waals surface area contributed by atoms with Crippen LogP contribution in [0.3, 0.4) is 0 Å². The summed E-state index contributed by atoms with van der Waals surface area (Å²) in [6, 6.07) is 14.4. The Bertz CT molecular complexity index is 856. The van der Waals surface area contributed by atoms with Crippen LogP contribution in [0.4, 0.5) is 5.69 Å². The number of carbonyl (C=O) groups is 1. The molecule has 1 aliphatic carbocycles. The molecule has 2 aliphatic rings. The molecule has 0 aromatic heterocycles. The van der Waals surface area contributed by atoms with E-state index < -0.39 is 0 Å². The minimum absolute atomic E-state index is 0.237. The van der Waals surface area contributed by atoms with Gasteiger partial charge in [0.05, 0.1) is 25.3 Å². The second-order valence-corrected chi connectivity index (χ2v) is 7.19. The number of methoxy groups -OCH3 is 1. The van der Waals surface area contributed by atoms with Crippen molar-refractivity contribution < 1.29 is 14.3 Å². The van der Waals surface area contributed by atoms with Gasteiger partial charge < -0.3 is 14.8 Å².